The van der Waals surface area contributed by atoms with Gasteiger partial charge in [0.25, 0.3) is 0 Å². The van der Waals surface area contributed by atoms with Gasteiger partial charge in [0, 0.05) is 31.3 Å². The second-order valence-electron chi connectivity index (χ2n) is 10.4. The van der Waals surface area contributed by atoms with Crippen molar-refractivity contribution >= 4 is 18.0 Å². The van der Waals surface area contributed by atoms with Crippen molar-refractivity contribution in [1.29, 1.82) is 0 Å². The Labute approximate surface area is 207 Å². The summed E-state index contributed by atoms with van der Waals surface area (Å²) in [6.45, 7) is 8.40. The number of alkyl carbamates (subject to hydrolysis) is 1. The van der Waals surface area contributed by atoms with Crippen LogP contribution in [-0.4, -0.2) is 42.3 Å². The molecule has 2 aromatic carbocycles. The number of benzene rings is 2. The maximum atomic E-state index is 12.8. The predicted octanol–water partition coefficient (Wildman–Crippen LogP) is 4.95. The topological polar surface area (TPSA) is 105 Å². The highest BCUT2D eigenvalue weighted by atomic mass is 16.5. The van der Waals surface area contributed by atoms with E-state index in [9.17, 15) is 14.4 Å². The van der Waals surface area contributed by atoms with Gasteiger partial charge in [0.1, 0.15) is 6.61 Å². The third-order valence-corrected chi connectivity index (χ3v) is 6.57. The van der Waals surface area contributed by atoms with E-state index in [1.165, 1.54) is 11.1 Å². The predicted molar refractivity (Wildman–Crippen MR) is 135 cm³/mol. The molecule has 0 aliphatic heterocycles. The first kappa shape index (κ1) is 26.3. The Balaban J connectivity index is 1.56. The van der Waals surface area contributed by atoms with Crippen molar-refractivity contribution in [2.75, 3.05) is 13.2 Å². The number of fused-ring (bicyclic) bond motifs is 3. The summed E-state index contributed by atoms with van der Waals surface area (Å²) < 4.78 is 5.66. The fourth-order valence-electron chi connectivity index (χ4n) is 4.37. The smallest absolute Gasteiger partial charge is 0.407 e. The zero-order valence-corrected chi connectivity index (χ0v) is 21.0. The number of nitrogens with one attached hydrogen (secondary N) is 2. The number of ether oxygens (including phenoxy) is 1. The third kappa shape index (κ3) is 7.07. The minimum absolute atomic E-state index is 0.0307. The molecule has 2 unspecified atom stereocenters. The van der Waals surface area contributed by atoms with Gasteiger partial charge in [0.15, 0.2) is 0 Å². The summed E-state index contributed by atoms with van der Waals surface area (Å²) in [6, 6.07) is 15.9. The van der Waals surface area contributed by atoms with Crippen LogP contribution in [0.5, 0.6) is 0 Å². The van der Waals surface area contributed by atoms with Crippen LogP contribution >= 0.6 is 0 Å². The van der Waals surface area contributed by atoms with Crippen molar-refractivity contribution in [3.8, 4) is 11.1 Å². The number of rotatable bonds is 10. The lowest BCUT2D eigenvalue weighted by molar-refractivity contribution is -0.137. The Morgan fingerprint density at radius 1 is 1.00 bits per heavy atom. The van der Waals surface area contributed by atoms with E-state index in [1.54, 1.807) is 0 Å². The zero-order chi connectivity index (χ0) is 25.6. The number of carboxylic acid groups (broad SMARTS) is 1. The molecule has 2 aromatic rings. The summed E-state index contributed by atoms with van der Waals surface area (Å²) in [5.41, 5.74) is 4.26. The van der Waals surface area contributed by atoms with Gasteiger partial charge in [-0.1, -0.05) is 76.2 Å². The molecule has 1 aliphatic carbocycles. The molecule has 0 bridgehead atoms. The maximum Gasteiger partial charge on any atom is 0.407 e. The molecule has 0 saturated carbocycles. The summed E-state index contributed by atoms with van der Waals surface area (Å²) in [5, 5.41) is 14.5. The summed E-state index contributed by atoms with van der Waals surface area (Å²) in [5.74, 6) is -1.01. The highest BCUT2D eigenvalue weighted by Gasteiger charge is 2.31. The molecule has 3 N–H and O–H groups in total. The van der Waals surface area contributed by atoms with E-state index in [0.717, 1.165) is 11.1 Å². The zero-order valence-electron chi connectivity index (χ0n) is 21.0. The van der Waals surface area contributed by atoms with Crippen LogP contribution in [0.25, 0.3) is 11.1 Å². The van der Waals surface area contributed by atoms with Crippen LogP contribution in [0.3, 0.4) is 0 Å². The number of amides is 2. The summed E-state index contributed by atoms with van der Waals surface area (Å²) in [4.78, 5) is 36.0. The number of carbonyl (C=O) groups excluding carboxylic acids is 2. The van der Waals surface area contributed by atoms with E-state index in [-0.39, 0.29) is 42.6 Å². The first-order valence-corrected chi connectivity index (χ1v) is 12.2. The molecule has 0 spiro atoms. The molecule has 2 amide bonds. The van der Waals surface area contributed by atoms with Gasteiger partial charge < -0.3 is 20.5 Å². The summed E-state index contributed by atoms with van der Waals surface area (Å²) >= 11 is 0. The lowest BCUT2D eigenvalue weighted by atomic mass is 9.84. The quantitative estimate of drug-likeness (QED) is 0.446. The Morgan fingerprint density at radius 2 is 1.57 bits per heavy atom. The fraction of sp³-hybridized carbons (Fsp3) is 0.464. The average molecular weight is 481 g/mol. The standard InChI is InChI=1S/C28H36N2O5/c1-18(13-14-26(32)33)16-29-25(31)15-24(28(2,3)4)30-27(34)35-17-23-21-11-7-5-9-19(21)20-10-6-8-12-22(20)23/h5-12,18,23-24H,13-17H2,1-4H3,(H,29,31)(H,30,34)(H,32,33). The van der Waals surface area contributed by atoms with E-state index < -0.39 is 18.1 Å². The molecule has 0 saturated heterocycles. The van der Waals surface area contributed by atoms with E-state index in [2.05, 4.69) is 34.9 Å². The van der Waals surface area contributed by atoms with Gasteiger partial charge >= 0.3 is 12.1 Å². The number of aliphatic carboxylic acids is 1. The molecule has 0 aromatic heterocycles. The van der Waals surface area contributed by atoms with Gasteiger partial charge in [0.05, 0.1) is 0 Å². The number of hydrogen-bond acceptors (Lipinski definition) is 4. The van der Waals surface area contributed by atoms with Crippen molar-refractivity contribution in [3.63, 3.8) is 0 Å². The van der Waals surface area contributed by atoms with Crippen LogP contribution in [0.4, 0.5) is 4.79 Å². The van der Waals surface area contributed by atoms with Crippen LogP contribution in [0.15, 0.2) is 48.5 Å². The van der Waals surface area contributed by atoms with E-state index >= 15 is 0 Å². The molecule has 7 nitrogen and oxygen atoms in total. The van der Waals surface area contributed by atoms with E-state index in [0.29, 0.717) is 13.0 Å². The van der Waals surface area contributed by atoms with Crippen molar-refractivity contribution < 1.29 is 24.2 Å². The largest absolute Gasteiger partial charge is 0.481 e. The van der Waals surface area contributed by atoms with Gasteiger partial charge in [-0.15, -0.1) is 0 Å². The van der Waals surface area contributed by atoms with Crippen molar-refractivity contribution in [2.45, 2.75) is 58.9 Å². The van der Waals surface area contributed by atoms with Crippen LogP contribution < -0.4 is 10.6 Å². The number of carbonyl (C=O) groups is 3. The van der Waals surface area contributed by atoms with Crippen LogP contribution in [0.2, 0.25) is 0 Å². The fourth-order valence-corrected chi connectivity index (χ4v) is 4.37. The van der Waals surface area contributed by atoms with Crippen LogP contribution in [-0.2, 0) is 14.3 Å². The highest BCUT2D eigenvalue weighted by molar-refractivity contribution is 5.79. The van der Waals surface area contributed by atoms with Gasteiger partial charge in [-0.05, 0) is 40.0 Å². The minimum atomic E-state index is -0.844. The molecule has 2 atom stereocenters. The second kappa shape index (κ2) is 11.4. The molecule has 35 heavy (non-hydrogen) atoms. The highest BCUT2D eigenvalue weighted by Crippen LogP contribution is 2.44. The monoisotopic (exact) mass is 480 g/mol. The van der Waals surface area contributed by atoms with Crippen molar-refractivity contribution in [2.24, 2.45) is 11.3 Å². The van der Waals surface area contributed by atoms with Crippen LogP contribution in [0.1, 0.15) is 64.0 Å². The number of carboxylic acids is 1. The molecule has 7 heteroatoms. The lowest BCUT2D eigenvalue weighted by Gasteiger charge is -2.31. The third-order valence-electron chi connectivity index (χ3n) is 6.57. The average Bonchev–Trinajstić information content (AvgIpc) is 3.13. The number of hydrogen-bond donors (Lipinski definition) is 3. The molecular weight excluding hydrogens is 444 g/mol. The van der Waals surface area contributed by atoms with E-state index in [4.69, 9.17) is 9.84 Å². The SMILES string of the molecule is CC(CCC(=O)O)CNC(=O)CC(NC(=O)OCC1c2ccccc2-c2ccccc21)C(C)(C)C. The van der Waals surface area contributed by atoms with Gasteiger partial charge in [-0.3, -0.25) is 9.59 Å². The van der Waals surface area contributed by atoms with Gasteiger partial charge in [-0.25, -0.2) is 4.79 Å². The van der Waals surface area contributed by atoms with Gasteiger partial charge in [0.2, 0.25) is 5.91 Å². The van der Waals surface area contributed by atoms with Crippen LogP contribution in [0, 0.1) is 11.3 Å². The molecule has 0 radical (unpaired) electrons. The molecule has 188 valence electrons. The Kier molecular flexibility index (Phi) is 8.54. The van der Waals surface area contributed by atoms with Crippen molar-refractivity contribution in [1.82, 2.24) is 10.6 Å². The summed E-state index contributed by atoms with van der Waals surface area (Å²) in [7, 11) is 0. The Hall–Kier alpha value is -3.35. The molecule has 0 heterocycles. The van der Waals surface area contributed by atoms with E-state index in [1.807, 2.05) is 52.0 Å². The maximum absolute atomic E-state index is 12.8. The second-order valence-corrected chi connectivity index (χ2v) is 10.4. The minimum Gasteiger partial charge on any atom is -0.481 e. The van der Waals surface area contributed by atoms with Gasteiger partial charge in [-0.2, -0.15) is 0 Å². The molecular formula is C28H36N2O5. The normalized spacial score (nSPS) is 14.4. The van der Waals surface area contributed by atoms with Crippen molar-refractivity contribution in [3.05, 3.63) is 59.7 Å². The summed E-state index contributed by atoms with van der Waals surface area (Å²) in [6.07, 6.45) is 0.134. The first-order chi connectivity index (χ1) is 16.6. The Bertz CT molecular complexity index is 1010. The molecule has 1 aliphatic rings. The Morgan fingerprint density at radius 3 is 2.11 bits per heavy atom. The molecule has 0 fully saturated rings. The lowest BCUT2D eigenvalue weighted by Crippen LogP contribution is -2.47. The molecule has 3 rings (SSSR count). The first-order valence-electron chi connectivity index (χ1n) is 12.2.